The van der Waals surface area contributed by atoms with Crippen molar-refractivity contribution >= 4 is 23.9 Å². The molecule has 17 heteroatoms. The van der Waals surface area contributed by atoms with E-state index in [9.17, 15) is 55.7 Å². The first-order chi connectivity index (χ1) is 21.8. The van der Waals surface area contributed by atoms with Gasteiger partial charge in [0.05, 0.1) is 33.4 Å². The van der Waals surface area contributed by atoms with E-state index in [0.717, 1.165) is 0 Å². The van der Waals surface area contributed by atoms with Crippen LogP contribution in [-0.2, 0) is 12.4 Å². The fourth-order valence-electron chi connectivity index (χ4n) is 4.15. The van der Waals surface area contributed by atoms with Gasteiger partial charge in [0.25, 0.3) is 0 Å². The molecule has 0 aliphatic carbocycles. The van der Waals surface area contributed by atoms with Crippen LogP contribution in [-0.4, -0.2) is 44.3 Å². The molecule has 0 aliphatic rings. The standard InChI is InChI=1S/C30H16F6O11/c31-29(32,33)21-11-17(9-19(25(37)38)23(21)27(41)42)46-15-5-1-13(2-6-15)45-14-3-7-16(8-4-14)47-18-10-20(26(39)40)24(28(43)44)22(12-18)30(34,35)36/h1-12H,(H,37,38)(H,39,40)(H,41,42)(H,43,44). The van der Waals surface area contributed by atoms with Gasteiger partial charge in [-0.25, -0.2) is 19.2 Å². The van der Waals surface area contributed by atoms with Crippen LogP contribution >= 0.6 is 0 Å². The summed E-state index contributed by atoms with van der Waals surface area (Å²) in [5, 5.41) is 36.9. The van der Waals surface area contributed by atoms with Crippen LogP contribution in [0.25, 0.3) is 0 Å². The first-order valence-electron chi connectivity index (χ1n) is 12.5. The number of aromatic carboxylic acids is 4. The Balaban J connectivity index is 1.51. The van der Waals surface area contributed by atoms with Crippen LogP contribution in [0.1, 0.15) is 52.6 Å². The number of carboxylic acids is 4. The van der Waals surface area contributed by atoms with Crippen LogP contribution in [0.2, 0.25) is 0 Å². The maximum atomic E-state index is 13.5. The van der Waals surface area contributed by atoms with Crippen molar-refractivity contribution in [1.29, 1.82) is 0 Å². The second-order valence-corrected chi connectivity index (χ2v) is 9.25. The van der Waals surface area contributed by atoms with Crippen molar-refractivity contribution in [3.63, 3.8) is 0 Å². The molecule has 0 bridgehead atoms. The molecule has 0 unspecified atom stereocenters. The molecule has 0 fully saturated rings. The summed E-state index contributed by atoms with van der Waals surface area (Å²) in [6, 6.07) is 12.1. The predicted molar refractivity (Wildman–Crippen MR) is 144 cm³/mol. The molecule has 4 aromatic rings. The van der Waals surface area contributed by atoms with Crippen molar-refractivity contribution in [2.45, 2.75) is 12.4 Å². The number of benzene rings is 4. The fraction of sp³-hybridized carbons (Fsp3) is 0.0667. The average molecular weight is 666 g/mol. The van der Waals surface area contributed by atoms with Crippen LogP contribution in [0.15, 0.2) is 72.8 Å². The van der Waals surface area contributed by atoms with E-state index in [2.05, 4.69) is 0 Å². The first-order valence-corrected chi connectivity index (χ1v) is 12.5. The maximum Gasteiger partial charge on any atom is 0.417 e. The largest absolute Gasteiger partial charge is 0.478 e. The van der Waals surface area contributed by atoms with Gasteiger partial charge < -0.3 is 34.6 Å². The molecule has 244 valence electrons. The molecule has 47 heavy (non-hydrogen) atoms. The van der Waals surface area contributed by atoms with Crippen LogP contribution < -0.4 is 14.2 Å². The van der Waals surface area contributed by atoms with Crippen LogP contribution in [0.5, 0.6) is 34.5 Å². The number of carbonyl (C=O) groups is 4. The molecule has 4 rings (SSSR count). The van der Waals surface area contributed by atoms with Crippen molar-refractivity contribution in [3.8, 4) is 34.5 Å². The molecule has 0 saturated heterocycles. The minimum Gasteiger partial charge on any atom is -0.478 e. The number of alkyl halides is 6. The number of rotatable bonds is 10. The fourth-order valence-corrected chi connectivity index (χ4v) is 4.15. The van der Waals surface area contributed by atoms with E-state index in [1.807, 2.05) is 0 Å². The molecular weight excluding hydrogens is 650 g/mol. The Morgan fingerprint density at radius 1 is 0.426 bits per heavy atom. The third kappa shape index (κ3) is 7.70. The minimum absolute atomic E-state index is 0.0819. The normalized spacial score (nSPS) is 11.4. The smallest absolute Gasteiger partial charge is 0.417 e. The summed E-state index contributed by atoms with van der Waals surface area (Å²) < 4.78 is 97.2. The maximum absolute atomic E-state index is 13.5. The summed E-state index contributed by atoms with van der Waals surface area (Å²) in [7, 11) is 0. The number of carboxylic acid groups (broad SMARTS) is 4. The third-order valence-electron chi connectivity index (χ3n) is 6.08. The van der Waals surface area contributed by atoms with Crippen LogP contribution in [0, 0.1) is 0 Å². The topological polar surface area (TPSA) is 177 Å². The Morgan fingerprint density at radius 2 is 0.681 bits per heavy atom. The average Bonchev–Trinajstić information content (AvgIpc) is 2.97. The van der Waals surface area contributed by atoms with Gasteiger partial charge in [-0.15, -0.1) is 0 Å². The quantitative estimate of drug-likeness (QED) is 0.121. The molecule has 0 radical (unpaired) electrons. The lowest BCUT2D eigenvalue weighted by atomic mass is 10.00. The van der Waals surface area contributed by atoms with Crippen LogP contribution in [0.4, 0.5) is 26.3 Å². The Kier molecular flexibility index (Phi) is 9.03. The van der Waals surface area contributed by atoms with E-state index in [-0.39, 0.29) is 23.0 Å². The van der Waals surface area contributed by atoms with E-state index in [1.165, 1.54) is 48.5 Å². The Labute approximate surface area is 257 Å². The molecule has 11 nitrogen and oxygen atoms in total. The number of halogens is 6. The van der Waals surface area contributed by atoms with Crippen molar-refractivity contribution in [3.05, 3.63) is 106 Å². The van der Waals surface area contributed by atoms with E-state index in [1.54, 1.807) is 0 Å². The molecule has 0 aromatic heterocycles. The Morgan fingerprint density at radius 3 is 0.894 bits per heavy atom. The highest BCUT2D eigenvalue weighted by Crippen LogP contribution is 2.39. The third-order valence-corrected chi connectivity index (χ3v) is 6.08. The van der Waals surface area contributed by atoms with Gasteiger partial charge >= 0.3 is 36.2 Å². The molecule has 0 amide bonds. The van der Waals surface area contributed by atoms with Crippen molar-refractivity contribution < 1.29 is 80.2 Å². The molecule has 4 N–H and O–H groups in total. The molecule has 0 aliphatic heterocycles. The molecule has 4 aromatic carbocycles. The van der Waals surface area contributed by atoms with E-state index in [4.69, 9.17) is 24.4 Å². The van der Waals surface area contributed by atoms with Gasteiger partial charge in [-0.3, -0.25) is 0 Å². The lowest BCUT2D eigenvalue weighted by molar-refractivity contribution is -0.139. The summed E-state index contributed by atoms with van der Waals surface area (Å²) >= 11 is 0. The summed E-state index contributed by atoms with van der Waals surface area (Å²) in [4.78, 5) is 45.7. The van der Waals surface area contributed by atoms with Gasteiger partial charge in [0.15, 0.2) is 0 Å². The Hall–Kier alpha value is -6.26. The molecular formula is C30H16F6O11. The zero-order valence-electron chi connectivity index (χ0n) is 22.8. The zero-order chi connectivity index (χ0) is 34.8. The number of ether oxygens (including phenoxy) is 3. The Bertz CT molecular complexity index is 1740. The molecule has 0 saturated carbocycles. The van der Waals surface area contributed by atoms with Crippen molar-refractivity contribution in [1.82, 2.24) is 0 Å². The van der Waals surface area contributed by atoms with Gasteiger partial charge in [-0.05, 0) is 72.8 Å². The van der Waals surface area contributed by atoms with Crippen molar-refractivity contribution in [2.75, 3.05) is 0 Å². The van der Waals surface area contributed by atoms with Gasteiger partial charge in [-0.1, -0.05) is 0 Å². The van der Waals surface area contributed by atoms with E-state index < -0.39 is 81.1 Å². The highest BCUT2D eigenvalue weighted by molar-refractivity contribution is 6.04. The SMILES string of the molecule is O=C(O)c1cc(Oc2ccc(Oc3ccc(Oc4cc(C(=O)O)c(C(=O)O)c(C(F)(F)F)c4)cc3)cc2)cc(C(F)(F)F)c1C(=O)O. The summed E-state index contributed by atoms with van der Waals surface area (Å²) in [6.07, 6.45) is -10.4. The van der Waals surface area contributed by atoms with Gasteiger partial charge in [-0.2, -0.15) is 26.3 Å². The second kappa shape index (κ2) is 12.6. The number of hydrogen-bond acceptors (Lipinski definition) is 7. The first kappa shape index (κ1) is 33.6. The van der Waals surface area contributed by atoms with Crippen molar-refractivity contribution in [2.24, 2.45) is 0 Å². The van der Waals surface area contributed by atoms with Gasteiger partial charge in [0, 0.05) is 0 Å². The zero-order valence-corrected chi connectivity index (χ0v) is 22.8. The highest BCUT2D eigenvalue weighted by atomic mass is 19.4. The van der Waals surface area contributed by atoms with Gasteiger partial charge in [0.2, 0.25) is 0 Å². The predicted octanol–water partition coefficient (Wildman–Crippen LogP) is 7.89. The lowest BCUT2D eigenvalue weighted by Gasteiger charge is -2.16. The number of hydrogen-bond donors (Lipinski definition) is 4. The lowest BCUT2D eigenvalue weighted by Crippen LogP contribution is -2.18. The second-order valence-electron chi connectivity index (χ2n) is 9.25. The molecule has 0 spiro atoms. The minimum atomic E-state index is -5.21. The monoisotopic (exact) mass is 666 g/mol. The molecule has 0 heterocycles. The van der Waals surface area contributed by atoms with E-state index >= 15 is 0 Å². The van der Waals surface area contributed by atoms with Crippen LogP contribution in [0.3, 0.4) is 0 Å². The van der Waals surface area contributed by atoms with E-state index in [0.29, 0.717) is 24.3 Å². The summed E-state index contributed by atoms with van der Waals surface area (Å²) in [6.45, 7) is 0. The summed E-state index contributed by atoms with van der Waals surface area (Å²) in [5.41, 5.74) is -8.65. The molecule has 0 atom stereocenters. The highest BCUT2D eigenvalue weighted by Gasteiger charge is 2.40. The van der Waals surface area contributed by atoms with Gasteiger partial charge in [0.1, 0.15) is 34.5 Å². The summed E-state index contributed by atoms with van der Waals surface area (Å²) in [5.74, 6) is -9.13.